The Morgan fingerprint density at radius 3 is 3.00 bits per heavy atom. The summed E-state index contributed by atoms with van der Waals surface area (Å²) in [5.74, 6) is -1.02. The summed E-state index contributed by atoms with van der Waals surface area (Å²) in [6, 6.07) is 11.7. The highest BCUT2D eigenvalue weighted by Gasteiger charge is 2.34. The van der Waals surface area contributed by atoms with Crippen LogP contribution in [0.3, 0.4) is 0 Å². The number of hydrogen-bond acceptors (Lipinski definition) is 4. The quantitative estimate of drug-likeness (QED) is 0.502. The number of nitrogens with one attached hydrogen (secondary N) is 1. The Morgan fingerprint density at radius 2 is 2.17 bits per heavy atom. The zero-order chi connectivity index (χ0) is 20.0. The summed E-state index contributed by atoms with van der Waals surface area (Å²) in [6.45, 7) is 1.36. The summed E-state index contributed by atoms with van der Waals surface area (Å²) in [4.78, 5) is 22.1. The van der Waals surface area contributed by atoms with Gasteiger partial charge in [0.15, 0.2) is 0 Å². The topological polar surface area (TPSA) is 69.2 Å². The van der Waals surface area contributed by atoms with Crippen molar-refractivity contribution in [2.24, 2.45) is 0 Å². The normalized spacial score (nSPS) is 19.0. The van der Waals surface area contributed by atoms with Crippen LogP contribution in [0.25, 0.3) is 21.1 Å². The smallest absolute Gasteiger partial charge is 0.325 e. The molecule has 0 bridgehead atoms. The number of thiazole rings is 1. The molecule has 0 aliphatic carbocycles. The second-order valence-corrected chi connectivity index (χ2v) is 8.59. The van der Waals surface area contributed by atoms with Gasteiger partial charge in [-0.25, -0.2) is 9.37 Å². The van der Waals surface area contributed by atoms with Gasteiger partial charge < -0.3 is 10.1 Å². The molecule has 2 aromatic carbocycles. The third-order valence-corrected chi connectivity index (χ3v) is 6.88. The Kier molecular flexibility index (Phi) is 4.56. The van der Waals surface area contributed by atoms with Crippen molar-refractivity contribution < 1.29 is 14.3 Å². The molecule has 2 N–H and O–H groups in total. The monoisotopic (exact) mass is 409 g/mol. The zero-order valence-corrected chi connectivity index (χ0v) is 16.5. The van der Waals surface area contributed by atoms with Crippen molar-refractivity contribution in [1.29, 1.82) is 0 Å². The molecule has 0 radical (unpaired) electrons. The molecule has 0 saturated carbocycles. The van der Waals surface area contributed by atoms with Crippen LogP contribution in [-0.4, -0.2) is 39.0 Å². The first-order valence-electron chi connectivity index (χ1n) is 9.69. The number of benzene rings is 2. The van der Waals surface area contributed by atoms with E-state index in [1.54, 1.807) is 23.6 Å². The zero-order valence-electron chi connectivity index (χ0n) is 15.6. The van der Waals surface area contributed by atoms with Crippen LogP contribution in [0.1, 0.15) is 35.4 Å². The predicted molar refractivity (Wildman–Crippen MR) is 112 cm³/mol. The van der Waals surface area contributed by atoms with Gasteiger partial charge in [0.2, 0.25) is 0 Å². The van der Waals surface area contributed by atoms with E-state index in [9.17, 15) is 14.3 Å². The van der Waals surface area contributed by atoms with Gasteiger partial charge in [-0.05, 0) is 49.7 Å². The van der Waals surface area contributed by atoms with Crippen LogP contribution >= 0.6 is 11.3 Å². The molecule has 2 aromatic heterocycles. The van der Waals surface area contributed by atoms with E-state index in [0.29, 0.717) is 24.2 Å². The van der Waals surface area contributed by atoms with Crippen molar-refractivity contribution in [2.75, 3.05) is 13.1 Å². The van der Waals surface area contributed by atoms with Crippen molar-refractivity contribution in [2.45, 2.75) is 24.8 Å². The Hall–Kier alpha value is -2.77. The maximum atomic E-state index is 13.5. The molecule has 5 rings (SSSR count). The Bertz CT molecular complexity index is 1170. The maximum Gasteiger partial charge on any atom is 0.325 e. The lowest BCUT2D eigenvalue weighted by Crippen LogP contribution is -2.40. The van der Waals surface area contributed by atoms with Crippen LogP contribution in [0.4, 0.5) is 4.39 Å². The Balaban J connectivity index is 1.47. The highest BCUT2D eigenvalue weighted by atomic mass is 32.1. The van der Waals surface area contributed by atoms with Gasteiger partial charge in [0, 0.05) is 35.1 Å². The number of carboxylic acid groups (broad SMARTS) is 1. The van der Waals surface area contributed by atoms with Gasteiger partial charge >= 0.3 is 5.97 Å². The first-order chi connectivity index (χ1) is 14.1. The van der Waals surface area contributed by atoms with E-state index in [1.807, 2.05) is 23.1 Å². The molecule has 0 unspecified atom stereocenters. The number of halogens is 1. The molecule has 5 nitrogen and oxygen atoms in total. The summed E-state index contributed by atoms with van der Waals surface area (Å²) >= 11 is 1.69. The third-order valence-electron chi connectivity index (χ3n) is 5.68. The fraction of sp³-hybridized carbons (Fsp3) is 0.273. The lowest BCUT2D eigenvalue weighted by Gasteiger charge is -2.35. The minimum atomic E-state index is -0.889. The number of aromatic nitrogens is 2. The van der Waals surface area contributed by atoms with E-state index >= 15 is 0 Å². The number of aromatic amines is 1. The van der Waals surface area contributed by atoms with Crippen LogP contribution < -0.4 is 0 Å². The molecule has 148 valence electrons. The van der Waals surface area contributed by atoms with Crippen LogP contribution in [0.2, 0.25) is 0 Å². The van der Waals surface area contributed by atoms with Crippen LogP contribution in [-0.2, 0) is 4.79 Å². The molecule has 3 heterocycles. The Morgan fingerprint density at radius 1 is 1.31 bits per heavy atom. The average molecular weight is 409 g/mol. The average Bonchev–Trinajstić information content (AvgIpc) is 3.32. The van der Waals surface area contributed by atoms with E-state index in [2.05, 4.69) is 11.1 Å². The molecule has 1 saturated heterocycles. The van der Waals surface area contributed by atoms with Crippen LogP contribution in [0, 0.1) is 5.82 Å². The van der Waals surface area contributed by atoms with Gasteiger partial charge in [-0.1, -0.05) is 12.1 Å². The van der Waals surface area contributed by atoms with Crippen LogP contribution in [0.15, 0.2) is 48.7 Å². The number of rotatable bonds is 4. The standard InChI is InChI=1S/C22H20FN3O2S/c23-14-7-8-15-16(11-24-18(15)10-14)20(22(27)28)26-9-3-4-13(12-26)21-25-17-5-1-2-6-19(17)29-21/h1-2,5-8,10-11,13,20,24H,3-4,9,12H2,(H,27,28)/t13-,20-/m0/s1. The third kappa shape index (κ3) is 3.30. The highest BCUT2D eigenvalue weighted by Crippen LogP contribution is 2.37. The van der Waals surface area contributed by atoms with E-state index in [0.717, 1.165) is 33.5 Å². The number of hydrogen-bond donors (Lipinski definition) is 2. The number of likely N-dealkylation sites (tertiary alicyclic amines) is 1. The number of para-hydroxylation sites is 1. The van der Waals surface area contributed by atoms with Crippen molar-refractivity contribution in [3.05, 3.63) is 65.0 Å². The minimum absolute atomic E-state index is 0.214. The molecule has 1 aliphatic rings. The predicted octanol–water partition coefficient (Wildman–Crippen LogP) is 4.92. The second kappa shape index (κ2) is 7.24. The first kappa shape index (κ1) is 18.3. The largest absolute Gasteiger partial charge is 0.480 e. The van der Waals surface area contributed by atoms with Crippen molar-refractivity contribution in [1.82, 2.24) is 14.9 Å². The number of carboxylic acids is 1. The van der Waals surface area contributed by atoms with E-state index in [1.165, 1.54) is 12.1 Å². The van der Waals surface area contributed by atoms with E-state index in [4.69, 9.17) is 4.98 Å². The second-order valence-electron chi connectivity index (χ2n) is 7.53. The lowest BCUT2D eigenvalue weighted by molar-refractivity contribution is -0.144. The van der Waals surface area contributed by atoms with E-state index in [-0.39, 0.29) is 11.7 Å². The van der Waals surface area contributed by atoms with Crippen molar-refractivity contribution in [3.63, 3.8) is 0 Å². The summed E-state index contributed by atoms with van der Waals surface area (Å²) in [6.07, 6.45) is 3.62. The number of H-pyrrole nitrogens is 1. The van der Waals surface area contributed by atoms with Gasteiger partial charge in [0.05, 0.1) is 15.2 Å². The Labute approximate surface area is 170 Å². The highest BCUT2D eigenvalue weighted by molar-refractivity contribution is 7.18. The number of piperidine rings is 1. The number of aliphatic carboxylic acids is 1. The fourth-order valence-corrected chi connectivity index (χ4v) is 5.43. The van der Waals surface area contributed by atoms with Gasteiger partial charge in [-0.3, -0.25) is 9.69 Å². The molecule has 0 amide bonds. The molecule has 4 aromatic rings. The summed E-state index contributed by atoms with van der Waals surface area (Å²) in [5, 5.41) is 11.9. The molecule has 1 aliphatic heterocycles. The lowest BCUT2D eigenvalue weighted by atomic mass is 9.95. The number of fused-ring (bicyclic) bond motifs is 2. The molecule has 1 fully saturated rings. The van der Waals surface area contributed by atoms with E-state index < -0.39 is 12.0 Å². The summed E-state index contributed by atoms with van der Waals surface area (Å²) in [5.41, 5.74) is 2.29. The van der Waals surface area contributed by atoms with Crippen molar-refractivity contribution >= 4 is 38.4 Å². The molecular weight excluding hydrogens is 389 g/mol. The summed E-state index contributed by atoms with van der Waals surface area (Å²) in [7, 11) is 0. The van der Waals surface area contributed by atoms with Crippen molar-refractivity contribution in [3.8, 4) is 0 Å². The SMILES string of the molecule is O=C(O)[C@H](c1c[nH]c2cc(F)ccc12)N1CCC[C@H](c2nc3ccccc3s2)C1. The molecular formula is C22H20FN3O2S. The van der Waals surface area contributed by atoms with Gasteiger partial charge in [-0.15, -0.1) is 11.3 Å². The molecule has 0 spiro atoms. The van der Waals surface area contributed by atoms with Gasteiger partial charge in [0.25, 0.3) is 0 Å². The van der Waals surface area contributed by atoms with Crippen LogP contribution in [0.5, 0.6) is 0 Å². The summed E-state index contributed by atoms with van der Waals surface area (Å²) < 4.78 is 14.7. The fourth-order valence-electron chi connectivity index (χ4n) is 4.34. The maximum absolute atomic E-state index is 13.5. The molecule has 7 heteroatoms. The van der Waals surface area contributed by atoms with Gasteiger partial charge in [-0.2, -0.15) is 0 Å². The molecule has 29 heavy (non-hydrogen) atoms. The number of carbonyl (C=O) groups is 1. The number of nitrogens with zero attached hydrogens (tertiary/aromatic N) is 2. The molecule has 2 atom stereocenters. The minimum Gasteiger partial charge on any atom is -0.480 e. The van der Waals surface area contributed by atoms with Gasteiger partial charge in [0.1, 0.15) is 11.9 Å². The first-order valence-corrected chi connectivity index (χ1v) is 10.5.